The van der Waals surface area contributed by atoms with Crippen molar-refractivity contribution in [1.82, 2.24) is 4.98 Å². The van der Waals surface area contributed by atoms with Gasteiger partial charge in [0.15, 0.2) is 0 Å². The van der Waals surface area contributed by atoms with Gasteiger partial charge in [-0.05, 0) is 23.8 Å². The summed E-state index contributed by atoms with van der Waals surface area (Å²) in [6.45, 7) is 0. The van der Waals surface area contributed by atoms with E-state index in [4.69, 9.17) is 5.73 Å². The number of nitrogens with zero attached hydrogens (tertiary/aromatic N) is 1. The molecule has 0 unspecified atom stereocenters. The molecule has 0 amide bonds. The minimum absolute atomic E-state index is 0.0387. The lowest BCUT2D eigenvalue weighted by molar-refractivity contribution is -0.117. The van der Waals surface area contributed by atoms with Gasteiger partial charge in [-0.1, -0.05) is 0 Å². The smallest absolute Gasteiger partial charge is 0.141 e. The van der Waals surface area contributed by atoms with Gasteiger partial charge in [-0.25, -0.2) is 8.78 Å². The molecule has 0 atom stereocenters. The molecule has 0 saturated heterocycles. The standard InChI is InChI=1S/C14H12F2N2O/c15-11-3-9(4-12(16)7-11)5-13(19)6-10-8-18-2-1-14(10)17/h1-4,7-8H,5-6H2,(H2,17,18). The van der Waals surface area contributed by atoms with E-state index in [1.54, 1.807) is 6.07 Å². The van der Waals surface area contributed by atoms with Crippen LogP contribution in [0.4, 0.5) is 14.5 Å². The Bertz CT molecular complexity index is 594. The van der Waals surface area contributed by atoms with Crippen molar-refractivity contribution in [2.45, 2.75) is 12.8 Å². The predicted molar refractivity (Wildman–Crippen MR) is 67.4 cm³/mol. The Hall–Kier alpha value is -2.30. The Morgan fingerprint density at radius 3 is 2.47 bits per heavy atom. The number of aromatic nitrogens is 1. The summed E-state index contributed by atoms with van der Waals surface area (Å²) in [7, 11) is 0. The normalized spacial score (nSPS) is 10.4. The molecule has 0 radical (unpaired) electrons. The van der Waals surface area contributed by atoms with Gasteiger partial charge >= 0.3 is 0 Å². The summed E-state index contributed by atoms with van der Waals surface area (Å²) < 4.78 is 26.0. The summed E-state index contributed by atoms with van der Waals surface area (Å²) in [5.41, 5.74) is 7.10. The van der Waals surface area contributed by atoms with Crippen molar-refractivity contribution in [1.29, 1.82) is 0 Å². The number of rotatable bonds is 4. The second kappa shape index (κ2) is 5.56. The monoisotopic (exact) mass is 262 g/mol. The number of pyridine rings is 1. The molecular formula is C14H12F2N2O. The zero-order valence-corrected chi connectivity index (χ0v) is 10.1. The number of benzene rings is 1. The first-order chi connectivity index (χ1) is 9.04. The van der Waals surface area contributed by atoms with Crippen molar-refractivity contribution in [2.24, 2.45) is 0 Å². The van der Waals surface area contributed by atoms with Crippen LogP contribution in [0, 0.1) is 11.6 Å². The van der Waals surface area contributed by atoms with Crippen LogP contribution in [0.3, 0.4) is 0 Å². The van der Waals surface area contributed by atoms with Gasteiger partial charge in [0.2, 0.25) is 0 Å². The van der Waals surface area contributed by atoms with E-state index in [-0.39, 0.29) is 18.6 Å². The predicted octanol–water partition coefficient (Wildman–Crippen LogP) is 2.30. The zero-order valence-electron chi connectivity index (χ0n) is 10.1. The van der Waals surface area contributed by atoms with Crippen LogP contribution in [-0.2, 0) is 17.6 Å². The minimum atomic E-state index is -0.691. The van der Waals surface area contributed by atoms with Crippen molar-refractivity contribution < 1.29 is 13.6 Å². The number of nitrogens with two attached hydrogens (primary N) is 1. The third-order valence-electron chi connectivity index (χ3n) is 2.65. The maximum atomic E-state index is 13.0. The second-order valence-corrected chi connectivity index (χ2v) is 4.24. The maximum Gasteiger partial charge on any atom is 0.141 e. The number of hydrogen-bond acceptors (Lipinski definition) is 3. The summed E-state index contributed by atoms with van der Waals surface area (Å²) in [5.74, 6) is -1.56. The fraction of sp³-hybridized carbons (Fsp3) is 0.143. The number of halogens is 2. The van der Waals surface area contributed by atoms with Gasteiger partial charge in [-0.3, -0.25) is 9.78 Å². The molecule has 0 bridgehead atoms. The molecule has 0 aliphatic heterocycles. The number of carbonyl (C=O) groups is 1. The van der Waals surface area contributed by atoms with Gasteiger partial charge < -0.3 is 5.73 Å². The van der Waals surface area contributed by atoms with Crippen LogP contribution in [-0.4, -0.2) is 10.8 Å². The molecule has 0 spiro atoms. The summed E-state index contributed by atoms with van der Waals surface area (Å²) in [5, 5.41) is 0. The number of carbonyl (C=O) groups excluding carboxylic acids is 1. The fourth-order valence-corrected chi connectivity index (χ4v) is 1.80. The SMILES string of the molecule is Nc1ccncc1CC(=O)Cc1cc(F)cc(F)c1. The Morgan fingerprint density at radius 1 is 1.16 bits per heavy atom. The number of Topliss-reactive ketones (excluding diaryl/α,β-unsaturated/α-hetero) is 1. The van der Waals surface area contributed by atoms with Gasteiger partial charge in [0.1, 0.15) is 17.4 Å². The first kappa shape index (κ1) is 13.1. The molecule has 0 aliphatic rings. The topological polar surface area (TPSA) is 56.0 Å². The average Bonchev–Trinajstić information content (AvgIpc) is 2.30. The van der Waals surface area contributed by atoms with Crippen LogP contribution in [0.25, 0.3) is 0 Å². The molecule has 1 aromatic carbocycles. The largest absolute Gasteiger partial charge is 0.398 e. The van der Waals surface area contributed by atoms with E-state index in [1.165, 1.54) is 12.4 Å². The van der Waals surface area contributed by atoms with E-state index in [0.29, 0.717) is 16.8 Å². The Labute approximate surface area is 109 Å². The molecule has 3 nitrogen and oxygen atoms in total. The fourth-order valence-electron chi connectivity index (χ4n) is 1.80. The van der Waals surface area contributed by atoms with Gasteiger partial charge in [0, 0.05) is 42.6 Å². The Balaban J connectivity index is 2.07. The summed E-state index contributed by atoms with van der Waals surface area (Å²) >= 11 is 0. The van der Waals surface area contributed by atoms with Crippen LogP contribution in [0.1, 0.15) is 11.1 Å². The molecule has 2 aromatic rings. The zero-order chi connectivity index (χ0) is 13.8. The molecule has 0 aliphatic carbocycles. The highest BCUT2D eigenvalue weighted by atomic mass is 19.1. The highest BCUT2D eigenvalue weighted by Crippen LogP contribution is 2.13. The van der Waals surface area contributed by atoms with Crippen molar-refractivity contribution in [3.8, 4) is 0 Å². The van der Waals surface area contributed by atoms with Crippen LogP contribution in [0.5, 0.6) is 0 Å². The third-order valence-corrected chi connectivity index (χ3v) is 2.65. The minimum Gasteiger partial charge on any atom is -0.398 e. The van der Waals surface area contributed by atoms with Gasteiger partial charge in [-0.15, -0.1) is 0 Å². The molecular weight excluding hydrogens is 250 g/mol. The first-order valence-corrected chi connectivity index (χ1v) is 5.69. The van der Waals surface area contributed by atoms with Crippen LogP contribution < -0.4 is 5.73 Å². The highest BCUT2D eigenvalue weighted by Gasteiger charge is 2.09. The molecule has 0 fully saturated rings. The molecule has 98 valence electrons. The van der Waals surface area contributed by atoms with Gasteiger partial charge in [0.05, 0.1) is 0 Å². The highest BCUT2D eigenvalue weighted by molar-refractivity contribution is 5.84. The number of hydrogen-bond donors (Lipinski definition) is 1. The molecule has 2 N–H and O–H groups in total. The van der Waals surface area contributed by atoms with E-state index in [2.05, 4.69) is 4.98 Å². The summed E-state index contributed by atoms with van der Waals surface area (Å²) in [6, 6.07) is 4.67. The van der Waals surface area contributed by atoms with Crippen LogP contribution in [0.15, 0.2) is 36.7 Å². The lowest BCUT2D eigenvalue weighted by Crippen LogP contribution is -2.09. The third kappa shape index (κ3) is 3.58. The Kier molecular flexibility index (Phi) is 3.85. The van der Waals surface area contributed by atoms with Crippen molar-refractivity contribution in [3.63, 3.8) is 0 Å². The van der Waals surface area contributed by atoms with Crippen LogP contribution in [0.2, 0.25) is 0 Å². The summed E-state index contributed by atoms with van der Waals surface area (Å²) in [6.07, 6.45) is 3.10. The van der Waals surface area contributed by atoms with Crippen molar-refractivity contribution in [3.05, 3.63) is 59.4 Å². The lowest BCUT2D eigenvalue weighted by Gasteiger charge is -2.05. The maximum absolute atomic E-state index is 13.0. The van der Waals surface area contributed by atoms with Gasteiger partial charge in [0.25, 0.3) is 0 Å². The Morgan fingerprint density at radius 2 is 1.84 bits per heavy atom. The van der Waals surface area contributed by atoms with E-state index in [9.17, 15) is 13.6 Å². The quantitative estimate of drug-likeness (QED) is 0.919. The van der Waals surface area contributed by atoms with E-state index >= 15 is 0 Å². The molecule has 19 heavy (non-hydrogen) atoms. The molecule has 0 saturated carbocycles. The second-order valence-electron chi connectivity index (χ2n) is 4.24. The van der Waals surface area contributed by atoms with Gasteiger partial charge in [-0.2, -0.15) is 0 Å². The summed E-state index contributed by atoms with van der Waals surface area (Å²) in [4.78, 5) is 15.7. The van der Waals surface area contributed by atoms with Crippen molar-refractivity contribution in [2.75, 3.05) is 5.73 Å². The molecule has 2 rings (SSSR count). The average molecular weight is 262 g/mol. The first-order valence-electron chi connectivity index (χ1n) is 5.69. The molecule has 1 aromatic heterocycles. The molecule has 5 heteroatoms. The number of ketones is 1. The van der Waals surface area contributed by atoms with E-state index in [1.807, 2.05) is 0 Å². The lowest BCUT2D eigenvalue weighted by atomic mass is 10.0. The number of nitrogen functional groups attached to an aromatic ring is 1. The van der Waals surface area contributed by atoms with E-state index in [0.717, 1.165) is 18.2 Å². The number of anilines is 1. The van der Waals surface area contributed by atoms with Crippen molar-refractivity contribution >= 4 is 11.5 Å². The van der Waals surface area contributed by atoms with E-state index < -0.39 is 11.6 Å². The van der Waals surface area contributed by atoms with Crippen LogP contribution >= 0.6 is 0 Å². The molecule has 1 heterocycles.